The van der Waals surface area contributed by atoms with Gasteiger partial charge in [0.25, 0.3) is 5.97 Å². The number of carbonyl (C=O) groups is 1. The molecule has 0 bridgehead atoms. The van der Waals surface area contributed by atoms with Gasteiger partial charge in [-0.05, 0) is 39.0 Å². The predicted molar refractivity (Wildman–Crippen MR) is 87.0 cm³/mol. The molecule has 23 heavy (non-hydrogen) atoms. The van der Waals surface area contributed by atoms with Crippen molar-refractivity contribution in [3.05, 3.63) is 12.2 Å². The van der Waals surface area contributed by atoms with E-state index in [2.05, 4.69) is 6.58 Å². The van der Waals surface area contributed by atoms with E-state index >= 15 is 0 Å². The molecule has 2 rings (SSSR count). The monoisotopic (exact) mass is 326 g/mol. The minimum Gasteiger partial charge on any atom is -0.478 e. The fourth-order valence-corrected chi connectivity index (χ4v) is 3.44. The number of carboxylic acids is 1. The largest absolute Gasteiger partial charge is 0.478 e. The van der Waals surface area contributed by atoms with Crippen molar-refractivity contribution in [3.8, 4) is 0 Å². The van der Waals surface area contributed by atoms with Crippen LogP contribution in [0.5, 0.6) is 0 Å². The first-order valence-corrected chi connectivity index (χ1v) is 8.95. The van der Waals surface area contributed by atoms with Crippen molar-refractivity contribution in [2.24, 2.45) is 0 Å². The van der Waals surface area contributed by atoms with Gasteiger partial charge in [0, 0.05) is 18.6 Å². The van der Waals surface area contributed by atoms with E-state index in [-0.39, 0.29) is 17.8 Å². The molecule has 0 amide bonds. The molecular formula is C18H30O5. The second-order valence-electron chi connectivity index (χ2n) is 6.57. The highest BCUT2D eigenvalue weighted by Crippen LogP contribution is 2.35. The molecule has 0 heterocycles. The number of aliphatic carboxylic acids is 1. The van der Waals surface area contributed by atoms with Crippen molar-refractivity contribution in [1.82, 2.24) is 0 Å². The second kappa shape index (κ2) is 8.81. The van der Waals surface area contributed by atoms with E-state index < -0.39 is 11.9 Å². The van der Waals surface area contributed by atoms with Crippen molar-refractivity contribution in [2.45, 2.75) is 89.3 Å². The first-order valence-electron chi connectivity index (χ1n) is 8.95. The first-order chi connectivity index (χ1) is 11.0. The molecule has 0 spiro atoms. The van der Waals surface area contributed by atoms with E-state index in [0.717, 1.165) is 51.4 Å². The van der Waals surface area contributed by atoms with Crippen LogP contribution in [0.4, 0.5) is 0 Å². The topological polar surface area (TPSA) is 65.0 Å². The average molecular weight is 326 g/mol. The summed E-state index contributed by atoms with van der Waals surface area (Å²) in [6, 6.07) is 0. The van der Waals surface area contributed by atoms with Gasteiger partial charge >= 0.3 is 5.97 Å². The van der Waals surface area contributed by atoms with Gasteiger partial charge in [0.1, 0.15) is 0 Å². The summed E-state index contributed by atoms with van der Waals surface area (Å²) in [5.41, 5.74) is 0.166. The van der Waals surface area contributed by atoms with Crippen LogP contribution < -0.4 is 0 Å². The van der Waals surface area contributed by atoms with Gasteiger partial charge in [-0.15, -0.1) is 0 Å². The summed E-state index contributed by atoms with van der Waals surface area (Å²) in [6.45, 7) is 6.00. The Hall–Kier alpha value is -0.910. The van der Waals surface area contributed by atoms with Gasteiger partial charge in [0.2, 0.25) is 0 Å². The molecule has 5 heteroatoms. The van der Waals surface area contributed by atoms with Gasteiger partial charge < -0.3 is 19.3 Å². The van der Waals surface area contributed by atoms with Crippen LogP contribution in [0.3, 0.4) is 0 Å². The number of hydrogen-bond donors (Lipinski definition) is 1. The molecule has 0 aliphatic heterocycles. The molecule has 0 saturated heterocycles. The molecule has 0 unspecified atom stereocenters. The van der Waals surface area contributed by atoms with Gasteiger partial charge in [-0.25, -0.2) is 4.79 Å². The summed E-state index contributed by atoms with van der Waals surface area (Å²) in [6.07, 6.45) is 9.68. The number of hydrogen-bond acceptors (Lipinski definition) is 4. The lowest BCUT2D eigenvalue weighted by Gasteiger charge is -2.37. The highest BCUT2D eigenvalue weighted by Gasteiger charge is 2.40. The first kappa shape index (κ1) is 18.4. The zero-order chi connectivity index (χ0) is 16.7. The van der Waals surface area contributed by atoms with Gasteiger partial charge in [-0.2, -0.15) is 0 Å². The SMILES string of the molecule is C=C(CCC(OCC)(OC1CCCC1)OC1CCCC1)C(=O)O. The van der Waals surface area contributed by atoms with Gasteiger partial charge in [-0.3, -0.25) is 0 Å². The van der Waals surface area contributed by atoms with Crippen LogP contribution in [-0.2, 0) is 19.0 Å². The summed E-state index contributed by atoms with van der Waals surface area (Å²) in [5, 5.41) is 9.06. The summed E-state index contributed by atoms with van der Waals surface area (Å²) < 4.78 is 18.4. The molecule has 0 aromatic carbocycles. The molecule has 5 nitrogen and oxygen atoms in total. The molecular weight excluding hydrogens is 296 g/mol. The Balaban J connectivity index is 2.06. The molecule has 2 saturated carbocycles. The Morgan fingerprint density at radius 2 is 1.57 bits per heavy atom. The van der Waals surface area contributed by atoms with Crippen LogP contribution in [0.2, 0.25) is 0 Å². The predicted octanol–water partition coefficient (Wildman–Crippen LogP) is 4.02. The highest BCUT2D eigenvalue weighted by atomic mass is 16.9. The van der Waals surface area contributed by atoms with Crippen LogP contribution in [0.1, 0.15) is 71.1 Å². The number of carboxylic acid groups (broad SMARTS) is 1. The quantitative estimate of drug-likeness (QED) is 0.485. The normalized spacial score (nSPS) is 20.2. The van der Waals surface area contributed by atoms with Crippen molar-refractivity contribution in [2.75, 3.05) is 6.61 Å². The molecule has 0 aromatic rings. The molecule has 1 N–H and O–H groups in total. The molecule has 0 radical (unpaired) electrons. The van der Waals surface area contributed by atoms with Gasteiger partial charge in [0.15, 0.2) is 0 Å². The van der Waals surface area contributed by atoms with Crippen LogP contribution in [0.25, 0.3) is 0 Å². The minimum absolute atomic E-state index is 0.140. The zero-order valence-corrected chi connectivity index (χ0v) is 14.2. The number of rotatable bonds is 10. The van der Waals surface area contributed by atoms with E-state index in [1.807, 2.05) is 6.92 Å². The van der Waals surface area contributed by atoms with Crippen LogP contribution in [0, 0.1) is 0 Å². The summed E-state index contributed by atoms with van der Waals surface area (Å²) in [4.78, 5) is 11.0. The maximum Gasteiger partial charge on any atom is 0.330 e. The van der Waals surface area contributed by atoms with Crippen LogP contribution in [-0.4, -0.2) is 35.9 Å². The Morgan fingerprint density at radius 1 is 1.09 bits per heavy atom. The third-order valence-corrected chi connectivity index (χ3v) is 4.70. The fourth-order valence-electron chi connectivity index (χ4n) is 3.44. The summed E-state index contributed by atoms with van der Waals surface area (Å²) in [7, 11) is 0. The van der Waals surface area contributed by atoms with Crippen LogP contribution in [0.15, 0.2) is 12.2 Å². The van der Waals surface area contributed by atoms with E-state index in [1.54, 1.807) is 0 Å². The number of ether oxygens (including phenoxy) is 3. The smallest absolute Gasteiger partial charge is 0.330 e. The lowest BCUT2D eigenvalue weighted by molar-refractivity contribution is -0.406. The minimum atomic E-state index is -1.13. The van der Waals surface area contributed by atoms with Gasteiger partial charge in [-0.1, -0.05) is 32.3 Å². The average Bonchev–Trinajstić information content (AvgIpc) is 3.18. The Bertz CT molecular complexity index is 376. The summed E-state index contributed by atoms with van der Waals surface area (Å²) in [5.74, 6) is -2.10. The summed E-state index contributed by atoms with van der Waals surface area (Å²) >= 11 is 0. The molecule has 0 atom stereocenters. The van der Waals surface area contributed by atoms with E-state index in [1.165, 1.54) is 0 Å². The standard InChI is InChI=1S/C18H30O5/c1-3-21-18(13-12-14(2)17(19)20,22-15-8-4-5-9-15)23-16-10-6-7-11-16/h15-16H,2-13H2,1H3,(H,19,20). The maximum absolute atomic E-state index is 11.0. The lowest BCUT2D eigenvalue weighted by atomic mass is 10.1. The van der Waals surface area contributed by atoms with Crippen molar-refractivity contribution >= 4 is 5.97 Å². The third-order valence-electron chi connectivity index (χ3n) is 4.70. The highest BCUT2D eigenvalue weighted by molar-refractivity contribution is 5.85. The van der Waals surface area contributed by atoms with E-state index in [4.69, 9.17) is 19.3 Å². The Morgan fingerprint density at radius 3 is 1.96 bits per heavy atom. The van der Waals surface area contributed by atoms with Crippen molar-refractivity contribution in [1.29, 1.82) is 0 Å². The van der Waals surface area contributed by atoms with Crippen LogP contribution >= 0.6 is 0 Å². The van der Waals surface area contributed by atoms with E-state index in [9.17, 15) is 4.79 Å². The molecule has 2 aliphatic carbocycles. The lowest BCUT2D eigenvalue weighted by Crippen LogP contribution is -2.44. The fraction of sp³-hybridized carbons (Fsp3) is 0.833. The van der Waals surface area contributed by atoms with E-state index in [0.29, 0.717) is 19.4 Å². The molecule has 2 aliphatic rings. The maximum atomic E-state index is 11.0. The Labute approximate surface area is 139 Å². The molecule has 2 fully saturated rings. The van der Waals surface area contributed by atoms with Crippen molar-refractivity contribution < 1.29 is 24.1 Å². The molecule has 132 valence electrons. The van der Waals surface area contributed by atoms with Crippen molar-refractivity contribution in [3.63, 3.8) is 0 Å². The third kappa shape index (κ3) is 5.59. The molecule has 0 aromatic heterocycles. The Kier molecular flexibility index (Phi) is 7.06. The second-order valence-corrected chi connectivity index (χ2v) is 6.57. The van der Waals surface area contributed by atoms with Gasteiger partial charge in [0.05, 0.1) is 12.2 Å². The zero-order valence-electron chi connectivity index (χ0n) is 14.2.